The van der Waals surface area contributed by atoms with Gasteiger partial charge in [-0.2, -0.15) is 0 Å². The molecular weight excluding hydrogens is 314 g/mol. The number of fused-ring (bicyclic) bond motifs is 1. The summed E-state index contributed by atoms with van der Waals surface area (Å²) in [6.07, 6.45) is 0. The van der Waals surface area contributed by atoms with Crippen molar-refractivity contribution in [2.24, 2.45) is 0 Å². The van der Waals surface area contributed by atoms with Crippen LogP contribution in [0, 0.1) is 6.92 Å². The molecule has 1 N–H and O–H groups in total. The Bertz CT molecular complexity index is 777. The van der Waals surface area contributed by atoms with E-state index in [1.807, 2.05) is 13.0 Å². The van der Waals surface area contributed by atoms with Crippen molar-refractivity contribution in [1.82, 2.24) is 4.90 Å². The van der Waals surface area contributed by atoms with Crippen LogP contribution >= 0.6 is 0 Å². The van der Waals surface area contributed by atoms with Gasteiger partial charge < -0.3 is 10.2 Å². The molecule has 2 amide bonds. The van der Waals surface area contributed by atoms with Crippen LogP contribution in [0.1, 0.15) is 40.1 Å². The Kier molecular flexibility index (Phi) is 4.74. The zero-order chi connectivity index (χ0) is 18.0. The van der Waals surface area contributed by atoms with E-state index in [4.69, 9.17) is 0 Å². The predicted molar refractivity (Wildman–Crippen MR) is 100 cm³/mol. The Morgan fingerprint density at radius 3 is 2.08 bits per heavy atom. The monoisotopic (exact) mass is 337 g/mol. The standard InChI is InChI=1S/C20H23N3O2/c1-4-22(5-2)15-10-11-18(14(3)12-15)21-13-23-19(24)16-8-6-7-9-17(16)20(23)25/h6-12,21H,4-5,13H2,1-3H3. The van der Waals surface area contributed by atoms with Crippen LogP contribution in [0.3, 0.4) is 0 Å². The predicted octanol–water partition coefficient (Wildman–Crippen LogP) is 3.51. The van der Waals surface area contributed by atoms with Crippen molar-refractivity contribution in [3.63, 3.8) is 0 Å². The number of hydrogen-bond acceptors (Lipinski definition) is 4. The van der Waals surface area contributed by atoms with E-state index in [0.717, 1.165) is 24.3 Å². The molecular formula is C20H23N3O2. The Morgan fingerprint density at radius 2 is 1.56 bits per heavy atom. The summed E-state index contributed by atoms with van der Waals surface area (Å²) in [7, 11) is 0. The number of nitrogens with one attached hydrogen (secondary N) is 1. The first-order valence-electron chi connectivity index (χ1n) is 8.61. The number of nitrogens with zero attached hydrogens (tertiary/aromatic N) is 2. The van der Waals surface area contributed by atoms with Gasteiger partial charge in [0.25, 0.3) is 11.8 Å². The third-order valence-electron chi connectivity index (χ3n) is 4.64. The number of imide groups is 1. The average Bonchev–Trinajstić information content (AvgIpc) is 2.87. The SMILES string of the molecule is CCN(CC)c1ccc(NCN2C(=O)c3ccccc3C2=O)c(C)c1. The minimum atomic E-state index is -0.245. The van der Waals surface area contributed by atoms with E-state index in [9.17, 15) is 9.59 Å². The molecule has 5 heteroatoms. The van der Waals surface area contributed by atoms with Gasteiger partial charge in [0.2, 0.25) is 0 Å². The zero-order valence-corrected chi connectivity index (χ0v) is 14.9. The largest absolute Gasteiger partial charge is 0.372 e. The summed E-state index contributed by atoms with van der Waals surface area (Å²) in [5.74, 6) is -0.490. The second kappa shape index (κ2) is 6.97. The maximum Gasteiger partial charge on any atom is 0.263 e. The summed E-state index contributed by atoms with van der Waals surface area (Å²) >= 11 is 0. The van der Waals surface area contributed by atoms with Crippen LogP contribution in [0.5, 0.6) is 0 Å². The van der Waals surface area contributed by atoms with Crippen molar-refractivity contribution in [3.8, 4) is 0 Å². The van der Waals surface area contributed by atoms with E-state index in [-0.39, 0.29) is 18.5 Å². The molecule has 0 atom stereocenters. The molecule has 0 unspecified atom stereocenters. The van der Waals surface area contributed by atoms with Gasteiger partial charge in [0.15, 0.2) is 0 Å². The number of aryl methyl sites for hydroxylation is 1. The topological polar surface area (TPSA) is 52.6 Å². The van der Waals surface area contributed by atoms with Crippen LogP contribution in [-0.2, 0) is 0 Å². The Labute approximate surface area is 148 Å². The Morgan fingerprint density at radius 1 is 0.960 bits per heavy atom. The maximum absolute atomic E-state index is 12.4. The molecule has 0 saturated carbocycles. The van der Waals surface area contributed by atoms with Crippen LogP contribution in [0.2, 0.25) is 0 Å². The van der Waals surface area contributed by atoms with E-state index < -0.39 is 0 Å². The number of hydrogen-bond donors (Lipinski definition) is 1. The van der Waals surface area contributed by atoms with Crippen LogP contribution < -0.4 is 10.2 Å². The average molecular weight is 337 g/mol. The summed E-state index contributed by atoms with van der Waals surface area (Å²) in [6, 6.07) is 13.1. The summed E-state index contributed by atoms with van der Waals surface area (Å²) in [5.41, 5.74) is 4.13. The highest BCUT2D eigenvalue weighted by molar-refractivity contribution is 6.21. The van der Waals surface area contributed by atoms with Gasteiger partial charge in [0.1, 0.15) is 0 Å². The van der Waals surface area contributed by atoms with E-state index in [0.29, 0.717) is 11.1 Å². The smallest absolute Gasteiger partial charge is 0.263 e. The molecule has 3 rings (SSSR count). The molecule has 130 valence electrons. The number of carbonyl (C=O) groups is 2. The van der Waals surface area contributed by atoms with Crippen LogP contribution in [-0.4, -0.2) is 36.5 Å². The van der Waals surface area contributed by atoms with Gasteiger partial charge in [-0.25, -0.2) is 0 Å². The maximum atomic E-state index is 12.4. The number of benzene rings is 2. The highest BCUT2D eigenvalue weighted by Gasteiger charge is 2.34. The van der Waals surface area contributed by atoms with Gasteiger partial charge in [-0.3, -0.25) is 14.5 Å². The van der Waals surface area contributed by atoms with Crippen molar-refractivity contribution in [3.05, 3.63) is 59.2 Å². The number of anilines is 2. The molecule has 0 bridgehead atoms. The molecule has 0 radical (unpaired) electrons. The molecule has 0 spiro atoms. The van der Waals surface area contributed by atoms with Crippen molar-refractivity contribution >= 4 is 23.2 Å². The second-order valence-electron chi connectivity index (χ2n) is 6.09. The summed E-state index contributed by atoms with van der Waals surface area (Å²) < 4.78 is 0. The van der Waals surface area contributed by atoms with Gasteiger partial charge >= 0.3 is 0 Å². The van der Waals surface area contributed by atoms with Crippen LogP contribution in [0.25, 0.3) is 0 Å². The van der Waals surface area contributed by atoms with Crippen molar-refractivity contribution < 1.29 is 9.59 Å². The fraction of sp³-hybridized carbons (Fsp3) is 0.300. The quantitative estimate of drug-likeness (QED) is 0.820. The molecule has 0 saturated heterocycles. The van der Waals surface area contributed by atoms with Gasteiger partial charge in [-0.05, 0) is 56.7 Å². The lowest BCUT2D eigenvalue weighted by Gasteiger charge is -2.23. The highest BCUT2D eigenvalue weighted by atomic mass is 16.2. The first-order chi connectivity index (χ1) is 12.1. The first kappa shape index (κ1) is 17.0. The minimum absolute atomic E-state index is 0.164. The lowest BCUT2D eigenvalue weighted by Crippen LogP contribution is -2.34. The molecule has 1 aliphatic heterocycles. The number of rotatable bonds is 6. The fourth-order valence-corrected chi connectivity index (χ4v) is 3.18. The lowest BCUT2D eigenvalue weighted by atomic mass is 10.1. The van der Waals surface area contributed by atoms with Gasteiger partial charge in [-0.1, -0.05) is 12.1 Å². The van der Waals surface area contributed by atoms with Gasteiger partial charge in [-0.15, -0.1) is 0 Å². The Balaban J connectivity index is 1.73. The van der Waals surface area contributed by atoms with Crippen LogP contribution in [0.15, 0.2) is 42.5 Å². The third-order valence-corrected chi connectivity index (χ3v) is 4.64. The second-order valence-corrected chi connectivity index (χ2v) is 6.09. The Hall–Kier alpha value is -2.82. The summed E-state index contributed by atoms with van der Waals surface area (Å²) in [5, 5.41) is 3.22. The molecule has 0 aromatic heterocycles. The first-order valence-corrected chi connectivity index (χ1v) is 8.61. The number of amides is 2. The summed E-state index contributed by atoms with van der Waals surface area (Å²) in [6.45, 7) is 8.37. The minimum Gasteiger partial charge on any atom is -0.372 e. The lowest BCUT2D eigenvalue weighted by molar-refractivity contribution is 0.0665. The van der Waals surface area contributed by atoms with Gasteiger partial charge in [0, 0.05) is 24.5 Å². The van der Waals surface area contributed by atoms with Gasteiger partial charge in [0.05, 0.1) is 17.8 Å². The molecule has 25 heavy (non-hydrogen) atoms. The number of carbonyl (C=O) groups excluding carboxylic acids is 2. The molecule has 1 aliphatic rings. The molecule has 0 aliphatic carbocycles. The molecule has 2 aromatic rings. The zero-order valence-electron chi connectivity index (χ0n) is 14.9. The molecule has 2 aromatic carbocycles. The normalized spacial score (nSPS) is 13.2. The van der Waals surface area contributed by atoms with Crippen molar-refractivity contribution in [1.29, 1.82) is 0 Å². The van der Waals surface area contributed by atoms with Crippen LogP contribution in [0.4, 0.5) is 11.4 Å². The molecule has 5 nitrogen and oxygen atoms in total. The van der Waals surface area contributed by atoms with Crippen molar-refractivity contribution in [2.75, 3.05) is 30.0 Å². The van der Waals surface area contributed by atoms with E-state index in [2.05, 4.69) is 36.2 Å². The molecule has 1 heterocycles. The van der Waals surface area contributed by atoms with E-state index >= 15 is 0 Å². The van der Waals surface area contributed by atoms with Crippen molar-refractivity contribution in [2.45, 2.75) is 20.8 Å². The highest BCUT2D eigenvalue weighted by Crippen LogP contribution is 2.25. The fourth-order valence-electron chi connectivity index (χ4n) is 3.18. The third kappa shape index (κ3) is 3.09. The summed E-state index contributed by atoms with van der Waals surface area (Å²) in [4.78, 5) is 28.3. The van der Waals surface area contributed by atoms with E-state index in [1.54, 1.807) is 24.3 Å². The molecule has 0 fully saturated rings. The van der Waals surface area contributed by atoms with E-state index in [1.165, 1.54) is 10.6 Å².